The molecule has 2 aromatic heterocycles. The van der Waals surface area contributed by atoms with Gasteiger partial charge in [0.15, 0.2) is 17.4 Å². The molecular weight excluding hydrogens is 464 g/mol. The van der Waals surface area contributed by atoms with E-state index in [1.165, 1.54) is 10.9 Å². The van der Waals surface area contributed by atoms with Crippen molar-refractivity contribution in [3.05, 3.63) is 12.7 Å². The third-order valence-corrected chi connectivity index (χ3v) is 5.66. The molecule has 35 heavy (non-hydrogen) atoms. The average Bonchev–Trinajstić information content (AvgIpc) is 3.37. The van der Waals surface area contributed by atoms with Crippen molar-refractivity contribution in [1.82, 2.24) is 19.5 Å². The second-order valence-corrected chi connectivity index (χ2v) is 8.37. The molecule has 0 bridgehead atoms. The average molecular weight is 499 g/mol. The molecule has 13 nitrogen and oxygen atoms in total. The molecule has 1 saturated heterocycles. The lowest BCUT2D eigenvalue weighted by Gasteiger charge is -2.16. The van der Waals surface area contributed by atoms with E-state index in [-0.39, 0.29) is 29.9 Å². The summed E-state index contributed by atoms with van der Waals surface area (Å²) in [7, 11) is 0. The van der Waals surface area contributed by atoms with Crippen molar-refractivity contribution < 1.29 is 45.0 Å². The van der Waals surface area contributed by atoms with Crippen molar-refractivity contribution in [1.29, 1.82) is 0 Å². The number of ether oxygens (including phenoxy) is 1. The number of aromatic nitrogens is 4. The Hall–Kier alpha value is -2.87. The number of carboxylic acid groups (broad SMARTS) is 2. The van der Waals surface area contributed by atoms with Gasteiger partial charge in [0.05, 0.1) is 12.9 Å². The molecule has 4 atom stereocenters. The van der Waals surface area contributed by atoms with E-state index >= 15 is 0 Å². The first kappa shape index (κ1) is 28.4. The van der Waals surface area contributed by atoms with Crippen molar-refractivity contribution in [2.45, 2.75) is 88.7 Å². The summed E-state index contributed by atoms with van der Waals surface area (Å²) in [5.41, 5.74) is 0.433. The van der Waals surface area contributed by atoms with E-state index in [0.717, 1.165) is 57.7 Å². The summed E-state index contributed by atoms with van der Waals surface area (Å²) in [6.07, 6.45) is 6.73. The van der Waals surface area contributed by atoms with Crippen LogP contribution in [0, 0.1) is 0 Å². The van der Waals surface area contributed by atoms with Gasteiger partial charge in [0.25, 0.3) is 0 Å². The minimum absolute atomic E-state index is 0.167. The van der Waals surface area contributed by atoms with Crippen LogP contribution in [0.25, 0.3) is 11.2 Å². The summed E-state index contributed by atoms with van der Waals surface area (Å²) in [6.45, 7) is -0.415. The fourth-order valence-electron chi connectivity index (χ4n) is 3.75. The van der Waals surface area contributed by atoms with Crippen molar-refractivity contribution >= 4 is 23.1 Å². The molecule has 2 aromatic rings. The zero-order valence-electron chi connectivity index (χ0n) is 19.4. The number of carbonyl (C=O) groups is 2. The number of fused-ring (bicyclic) bond motifs is 1. The molecule has 0 spiro atoms. The summed E-state index contributed by atoms with van der Waals surface area (Å²) in [5.74, 6) is -1.71. The van der Waals surface area contributed by atoms with Crippen LogP contribution in [0.5, 0.6) is 5.88 Å². The first-order valence-electron chi connectivity index (χ1n) is 11.7. The normalized spacial score (nSPS) is 21.6. The number of nitrogens with zero attached hydrogens (tertiary/aromatic N) is 4. The Balaban J connectivity index is 0.000000252. The van der Waals surface area contributed by atoms with Crippen LogP contribution in [0.2, 0.25) is 0 Å². The Morgan fingerprint density at radius 2 is 1.40 bits per heavy atom. The molecule has 0 aromatic carbocycles. The first-order chi connectivity index (χ1) is 16.8. The zero-order chi connectivity index (χ0) is 25.8. The van der Waals surface area contributed by atoms with Crippen LogP contribution in [-0.2, 0) is 14.3 Å². The lowest BCUT2D eigenvalue weighted by atomic mass is 10.1. The lowest BCUT2D eigenvalue weighted by molar-refractivity contribution is -0.138. The zero-order valence-corrected chi connectivity index (χ0v) is 19.4. The maximum Gasteiger partial charge on any atom is 0.303 e. The number of rotatable bonds is 13. The fraction of sp³-hybridized carbons (Fsp3) is 0.682. The second kappa shape index (κ2) is 14.5. The number of unbranched alkanes of at least 4 members (excludes halogenated alkanes) is 7. The fourth-order valence-corrected chi connectivity index (χ4v) is 3.75. The van der Waals surface area contributed by atoms with Gasteiger partial charge >= 0.3 is 11.9 Å². The van der Waals surface area contributed by atoms with E-state index in [0.29, 0.717) is 0 Å². The molecule has 0 radical (unpaired) electrons. The standard InChI is InChI=1S/C12H22O4.C10H12N4O5/c13-11(14)9-7-5-3-1-2-4-6-8-10-12(15)16;15-1-4-6(16)7(17)10(19-4)14-3-13-5-8(14)11-2-12-9(5)18/h1-10H2,(H,13,14)(H,15,16);2-4,6-7,10,15-17H,1H2,(H,11,12,18)/t;4-,6-,7-,10-/m.1/s1. The molecule has 3 heterocycles. The molecule has 13 heteroatoms. The largest absolute Gasteiger partial charge is 0.492 e. The maximum absolute atomic E-state index is 10.2. The van der Waals surface area contributed by atoms with E-state index in [9.17, 15) is 24.9 Å². The highest BCUT2D eigenvalue weighted by atomic mass is 16.6. The quantitative estimate of drug-likeness (QED) is 0.215. The number of hydrogen-bond acceptors (Lipinski definition) is 10. The number of hydrogen-bond donors (Lipinski definition) is 6. The summed E-state index contributed by atoms with van der Waals surface area (Å²) in [6, 6.07) is 0. The van der Waals surface area contributed by atoms with Crippen molar-refractivity contribution in [2.24, 2.45) is 0 Å². The molecule has 0 aliphatic carbocycles. The van der Waals surface area contributed by atoms with Crippen LogP contribution >= 0.6 is 0 Å². The highest BCUT2D eigenvalue weighted by molar-refractivity contribution is 5.75. The van der Waals surface area contributed by atoms with E-state index in [2.05, 4.69) is 15.0 Å². The van der Waals surface area contributed by atoms with Gasteiger partial charge in [-0.15, -0.1) is 0 Å². The Bertz CT molecular complexity index is 917. The number of aliphatic hydroxyl groups is 3. The van der Waals surface area contributed by atoms with E-state index in [1.54, 1.807) is 0 Å². The topological polar surface area (TPSA) is 208 Å². The monoisotopic (exact) mass is 498 g/mol. The molecule has 3 rings (SSSR count). The summed E-state index contributed by atoms with van der Waals surface area (Å²) < 4.78 is 6.73. The Labute approximate surface area is 202 Å². The highest BCUT2D eigenvalue weighted by Crippen LogP contribution is 2.32. The Kier molecular flexibility index (Phi) is 11.8. The Morgan fingerprint density at radius 3 is 1.89 bits per heavy atom. The molecule has 1 aliphatic rings. The van der Waals surface area contributed by atoms with Gasteiger partial charge in [0, 0.05) is 12.8 Å². The lowest BCUT2D eigenvalue weighted by Crippen LogP contribution is -2.33. The van der Waals surface area contributed by atoms with Gasteiger partial charge in [-0.1, -0.05) is 38.5 Å². The van der Waals surface area contributed by atoms with Crippen molar-refractivity contribution in [3.63, 3.8) is 0 Å². The van der Waals surface area contributed by atoms with E-state index in [1.807, 2.05) is 0 Å². The molecule has 0 saturated carbocycles. The number of carboxylic acids is 2. The van der Waals surface area contributed by atoms with Crippen LogP contribution < -0.4 is 0 Å². The molecule has 6 N–H and O–H groups in total. The molecule has 196 valence electrons. The predicted octanol–water partition coefficient (Wildman–Crippen LogP) is 1.20. The summed E-state index contributed by atoms with van der Waals surface area (Å²) >= 11 is 0. The summed E-state index contributed by atoms with van der Waals surface area (Å²) in [5, 5.41) is 55.0. The van der Waals surface area contributed by atoms with Crippen LogP contribution in [-0.4, -0.2) is 87.0 Å². The van der Waals surface area contributed by atoms with Crippen LogP contribution in [0.15, 0.2) is 12.7 Å². The van der Waals surface area contributed by atoms with Gasteiger partial charge in [-0.3, -0.25) is 14.2 Å². The number of aliphatic hydroxyl groups excluding tert-OH is 3. The number of imidazole rings is 1. The van der Waals surface area contributed by atoms with Crippen LogP contribution in [0.4, 0.5) is 0 Å². The van der Waals surface area contributed by atoms with Gasteiger partial charge in [-0.05, 0) is 12.8 Å². The highest BCUT2D eigenvalue weighted by Gasteiger charge is 2.44. The third kappa shape index (κ3) is 8.69. The second-order valence-electron chi connectivity index (χ2n) is 8.37. The van der Waals surface area contributed by atoms with Gasteiger partial charge in [0.2, 0.25) is 5.88 Å². The van der Waals surface area contributed by atoms with Crippen LogP contribution in [0.1, 0.15) is 70.4 Å². The number of aliphatic carboxylic acids is 2. The van der Waals surface area contributed by atoms with Gasteiger partial charge < -0.3 is 35.4 Å². The maximum atomic E-state index is 10.2. The minimum Gasteiger partial charge on any atom is -0.492 e. The van der Waals surface area contributed by atoms with Gasteiger partial charge in [0.1, 0.15) is 24.6 Å². The smallest absolute Gasteiger partial charge is 0.303 e. The van der Waals surface area contributed by atoms with Crippen molar-refractivity contribution in [2.75, 3.05) is 6.61 Å². The Morgan fingerprint density at radius 1 is 0.857 bits per heavy atom. The van der Waals surface area contributed by atoms with Crippen LogP contribution in [0.3, 0.4) is 0 Å². The minimum atomic E-state index is -1.23. The SMILES string of the molecule is O=C(O)CCCCCCCCCCC(=O)O.OC[C@H]1O[C@@H](n2cnc3c(O)ncnc32)[C@H](O)[C@@H]1O. The molecule has 0 unspecified atom stereocenters. The molecule has 0 amide bonds. The molecule has 1 fully saturated rings. The molecule has 1 aliphatic heterocycles. The predicted molar refractivity (Wildman–Crippen MR) is 121 cm³/mol. The third-order valence-electron chi connectivity index (χ3n) is 5.66. The van der Waals surface area contributed by atoms with E-state index < -0.39 is 43.1 Å². The summed E-state index contributed by atoms with van der Waals surface area (Å²) in [4.78, 5) is 31.9. The van der Waals surface area contributed by atoms with Gasteiger partial charge in [-0.25, -0.2) is 9.97 Å². The van der Waals surface area contributed by atoms with Gasteiger partial charge in [-0.2, -0.15) is 4.98 Å². The first-order valence-corrected chi connectivity index (χ1v) is 11.7. The van der Waals surface area contributed by atoms with Crippen molar-refractivity contribution in [3.8, 4) is 5.88 Å². The molecular formula is C22H34N4O9. The number of aromatic hydroxyl groups is 1. The van der Waals surface area contributed by atoms with E-state index in [4.69, 9.17) is 20.1 Å².